The molecule has 0 aliphatic carbocycles. The van der Waals surface area contributed by atoms with Gasteiger partial charge in [0.15, 0.2) is 5.82 Å². The Morgan fingerprint density at radius 1 is 1.08 bits per heavy atom. The van der Waals surface area contributed by atoms with Crippen LogP contribution in [-0.2, 0) is 24.4 Å². The first-order chi connectivity index (χ1) is 18.4. The average Bonchev–Trinajstić information content (AvgIpc) is 3.33. The zero-order chi connectivity index (χ0) is 26.5. The predicted octanol–water partition coefficient (Wildman–Crippen LogP) is 3.04. The summed E-state index contributed by atoms with van der Waals surface area (Å²) in [5, 5.41) is 13.4. The van der Waals surface area contributed by atoms with Crippen molar-refractivity contribution in [1.29, 1.82) is 0 Å². The lowest BCUT2D eigenvalue weighted by molar-refractivity contribution is 0.0358. The zero-order valence-corrected chi connectivity index (χ0v) is 22.0. The molecule has 3 heterocycles. The van der Waals surface area contributed by atoms with E-state index in [1.54, 1.807) is 16.8 Å². The van der Waals surface area contributed by atoms with Crippen LogP contribution in [0.2, 0.25) is 0 Å². The molecule has 0 spiro atoms. The Labute approximate surface area is 221 Å². The van der Waals surface area contributed by atoms with E-state index < -0.39 is 0 Å². The fourth-order valence-corrected chi connectivity index (χ4v) is 5.07. The number of aryl methyl sites for hydroxylation is 2. The monoisotopic (exact) mass is 519 g/mol. The van der Waals surface area contributed by atoms with Crippen LogP contribution in [0, 0.1) is 19.7 Å². The normalized spacial score (nSPS) is 14.5. The molecule has 1 aliphatic rings. The summed E-state index contributed by atoms with van der Waals surface area (Å²) in [6, 6.07) is 12.5. The van der Waals surface area contributed by atoms with Crippen molar-refractivity contribution in [3.63, 3.8) is 0 Å². The highest BCUT2D eigenvalue weighted by molar-refractivity contribution is 5.82. The van der Waals surface area contributed by atoms with Crippen LogP contribution < -0.4 is 5.56 Å². The number of halogens is 1. The number of hydrogen-bond acceptors (Lipinski definition) is 7. The molecular formula is C28H34FN7O2. The molecule has 1 saturated heterocycles. The van der Waals surface area contributed by atoms with Crippen LogP contribution in [0.4, 0.5) is 4.39 Å². The lowest BCUT2D eigenvalue weighted by atomic mass is 10.1. The number of aromatic amines is 1. The first-order valence-electron chi connectivity index (χ1n) is 13.1. The number of H-pyrrole nitrogens is 1. The highest BCUT2D eigenvalue weighted by Gasteiger charge is 2.17. The topological polar surface area (TPSA) is 92.2 Å². The van der Waals surface area contributed by atoms with Gasteiger partial charge in [-0.15, -0.1) is 5.10 Å². The number of aromatic nitrogens is 5. The number of fused-ring (bicyclic) bond motifs is 1. The third kappa shape index (κ3) is 6.50. The number of tetrazole rings is 1. The number of ether oxygens (including phenoxy) is 1. The standard InChI is InChI=1S/C28H34FN7O2/c1-20-14-21(2)27-23(15-20)16-24(28(37)30-27)18-35(9-3-8-34-10-12-38-13-11-34)19-26-31-32-33-36(26)17-22-4-6-25(29)7-5-22/h4-7,14-16H,3,8-13,17-19H2,1-2H3,(H,30,37). The molecule has 1 N–H and O–H groups in total. The first-order valence-corrected chi connectivity index (χ1v) is 13.1. The largest absolute Gasteiger partial charge is 0.379 e. The van der Waals surface area contributed by atoms with Crippen LogP contribution in [0.25, 0.3) is 10.9 Å². The van der Waals surface area contributed by atoms with Crippen molar-refractivity contribution in [3.8, 4) is 0 Å². The second-order valence-electron chi connectivity index (χ2n) is 10.1. The minimum absolute atomic E-state index is 0.0754. The second-order valence-corrected chi connectivity index (χ2v) is 10.1. The van der Waals surface area contributed by atoms with Crippen molar-refractivity contribution in [2.75, 3.05) is 39.4 Å². The van der Waals surface area contributed by atoms with Crippen molar-refractivity contribution in [1.82, 2.24) is 35.0 Å². The lowest BCUT2D eigenvalue weighted by Gasteiger charge is -2.28. The Hall–Kier alpha value is -3.47. The molecule has 10 heteroatoms. The van der Waals surface area contributed by atoms with Gasteiger partial charge in [0, 0.05) is 31.7 Å². The van der Waals surface area contributed by atoms with Crippen LogP contribution in [0.15, 0.2) is 47.3 Å². The lowest BCUT2D eigenvalue weighted by Crippen LogP contribution is -2.38. The highest BCUT2D eigenvalue weighted by atomic mass is 19.1. The first kappa shape index (κ1) is 26.1. The molecule has 0 amide bonds. The molecule has 0 bridgehead atoms. The fourth-order valence-electron chi connectivity index (χ4n) is 5.07. The van der Waals surface area contributed by atoms with E-state index >= 15 is 0 Å². The molecule has 38 heavy (non-hydrogen) atoms. The second kappa shape index (κ2) is 11.9. The fraction of sp³-hybridized carbons (Fsp3) is 0.429. The zero-order valence-electron chi connectivity index (χ0n) is 22.0. The number of nitrogens with one attached hydrogen (secondary N) is 1. The molecule has 2 aromatic carbocycles. The molecule has 9 nitrogen and oxygen atoms in total. The molecule has 0 saturated carbocycles. The van der Waals surface area contributed by atoms with E-state index in [1.165, 1.54) is 12.1 Å². The van der Waals surface area contributed by atoms with Gasteiger partial charge in [0.25, 0.3) is 5.56 Å². The van der Waals surface area contributed by atoms with Crippen LogP contribution in [0.5, 0.6) is 0 Å². The Bertz CT molecular complexity index is 1430. The number of benzene rings is 2. The summed E-state index contributed by atoms with van der Waals surface area (Å²) < 4.78 is 20.6. The molecule has 0 atom stereocenters. The van der Waals surface area contributed by atoms with Gasteiger partial charge in [0.1, 0.15) is 5.82 Å². The molecule has 0 radical (unpaired) electrons. The molecule has 0 unspecified atom stereocenters. The quantitative estimate of drug-likeness (QED) is 0.344. The molecule has 1 aliphatic heterocycles. The summed E-state index contributed by atoms with van der Waals surface area (Å²) >= 11 is 0. The van der Waals surface area contributed by atoms with E-state index in [9.17, 15) is 9.18 Å². The van der Waals surface area contributed by atoms with Crippen molar-refractivity contribution >= 4 is 10.9 Å². The Morgan fingerprint density at radius 3 is 2.66 bits per heavy atom. The third-order valence-corrected chi connectivity index (χ3v) is 7.03. The Balaban J connectivity index is 1.36. The van der Waals surface area contributed by atoms with Gasteiger partial charge in [-0.2, -0.15) is 0 Å². The van der Waals surface area contributed by atoms with Gasteiger partial charge in [0.2, 0.25) is 0 Å². The molecule has 2 aromatic heterocycles. The SMILES string of the molecule is Cc1cc(C)c2[nH]c(=O)c(CN(CCCN3CCOCC3)Cc3nnnn3Cc3ccc(F)cc3)cc2c1. The maximum absolute atomic E-state index is 13.4. The van der Waals surface area contributed by atoms with Gasteiger partial charge in [-0.3, -0.25) is 14.6 Å². The summed E-state index contributed by atoms with van der Waals surface area (Å²) in [7, 11) is 0. The van der Waals surface area contributed by atoms with Gasteiger partial charge in [-0.05, 0) is 78.0 Å². The minimum Gasteiger partial charge on any atom is -0.379 e. The van der Waals surface area contributed by atoms with E-state index in [-0.39, 0.29) is 11.4 Å². The average molecular weight is 520 g/mol. The van der Waals surface area contributed by atoms with Gasteiger partial charge in [-0.1, -0.05) is 23.8 Å². The van der Waals surface area contributed by atoms with E-state index in [4.69, 9.17) is 4.74 Å². The molecule has 5 rings (SSSR count). The van der Waals surface area contributed by atoms with Crippen molar-refractivity contribution in [2.45, 2.75) is 39.9 Å². The predicted molar refractivity (Wildman–Crippen MR) is 143 cm³/mol. The van der Waals surface area contributed by atoms with Crippen molar-refractivity contribution in [2.24, 2.45) is 0 Å². The summed E-state index contributed by atoms with van der Waals surface area (Å²) in [5.41, 5.74) is 4.66. The number of pyridine rings is 1. The highest BCUT2D eigenvalue weighted by Crippen LogP contribution is 2.19. The van der Waals surface area contributed by atoms with E-state index in [0.717, 1.165) is 73.4 Å². The summed E-state index contributed by atoms with van der Waals surface area (Å²) in [6.07, 6.45) is 0.948. The number of hydrogen-bond donors (Lipinski definition) is 1. The van der Waals surface area contributed by atoms with Crippen LogP contribution in [0.1, 0.15) is 34.5 Å². The van der Waals surface area contributed by atoms with Crippen molar-refractivity contribution in [3.05, 3.63) is 86.7 Å². The maximum atomic E-state index is 13.4. The van der Waals surface area contributed by atoms with Gasteiger partial charge in [-0.25, -0.2) is 9.07 Å². The molecule has 1 fully saturated rings. The van der Waals surface area contributed by atoms with Gasteiger partial charge >= 0.3 is 0 Å². The van der Waals surface area contributed by atoms with Crippen LogP contribution in [0.3, 0.4) is 0 Å². The van der Waals surface area contributed by atoms with Gasteiger partial charge < -0.3 is 9.72 Å². The molecular weight excluding hydrogens is 485 g/mol. The number of morpholine rings is 1. The van der Waals surface area contributed by atoms with E-state index in [1.807, 2.05) is 13.0 Å². The van der Waals surface area contributed by atoms with Gasteiger partial charge in [0.05, 0.1) is 31.8 Å². The Kier molecular flexibility index (Phi) is 8.21. The van der Waals surface area contributed by atoms with E-state index in [0.29, 0.717) is 31.0 Å². The number of nitrogens with zero attached hydrogens (tertiary/aromatic N) is 6. The van der Waals surface area contributed by atoms with Crippen LogP contribution >= 0.6 is 0 Å². The maximum Gasteiger partial charge on any atom is 0.252 e. The summed E-state index contributed by atoms with van der Waals surface area (Å²) in [5.74, 6) is 0.424. The summed E-state index contributed by atoms with van der Waals surface area (Å²) in [4.78, 5) is 20.8. The van der Waals surface area contributed by atoms with E-state index in [2.05, 4.69) is 49.4 Å². The number of rotatable bonds is 10. The third-order valence-electron chi connectivity index (χ3n) is 7.03. The smallest absolute Gasteiger partial charge is 0.252 e. The molecule has 4 aromatic rings. The molecule has 200 valence electrons. The minimum atomic E-state index is -0.275. The van der Waals surface area contributed by atoms with Crippen molar-refractivity contribution < 1.29 is 9.13 Å². The summed E-state index contributed by atoms with van der Waals surface area (Å²) in [6.45, 7) is 10.7. The Morgan fingerprint density at radius 2 is 1.87 bits per heavy atom. The van der Waals surface area contributed by atoms with Crippen LogP contribution in [-0.4, -0.2) is 74.4 Å².